The lowest BCUT2D eigenvalue weighted by Gasteiger charge is -2.14. The van der Waals surface area contributed by atoms with Gasteiger partial charge in [-0.05, 0) is 30.7 Å². The van der Waals surface area contributed by atoms with Crippen LogP contribution < -0.4 is 20.1 Å². The number of nitrogens with zero attached hydrogens (tertiary/aromatic N) is 1. The van der Waals surface area contributed by atoms with Crippen LogP contribution >= 0.6 is 24.0 Å². The fraction of sp³-hybridized carbons (Fsp3) is 0.286. The van der Waals surface area contributed by atoms with E-state index in [0.717, 1.165) is 28.6 Å². The molecule has 0 heterocycles. The third-order valence-electron chi connectivity index (χ3n) is 3.67. The van der Waals surface area contributed by atoms with Crippen molar-refractivity contribution in [1.29, 1.82) is 0 Å². The van der Waals surface area contributed by atoms with Gasteiger partial charge in [0.2, 0.25) is 0 Å². The summed E-state index contributed by atoms with van der Waals surface area (Å²) in [5.74, 6) is 2.45. The SMILES string of the molecule is C=CCOc1ccccc1CNC(=NC)NCc1cccc(OCC)c1.I. The van der Waals surface area contributed by atoms with Crippen LogP contribution in [0.5, 0.6) is 11.5 Å². The Bertz CT molecular complexity index is 735. The van der Waals surface area contributed by atoms with Crippen LogP contribution in [0.1, 0.15) is 18.1 Å². The Morgan fingerprint density at radius 1 is 1.07 bits per heavy atom. The van der Waals surface area contributed by atoms with E-state index in [4.69, 9.17) is 9.47 Å². The summed E-state index contributed by atoms with van der Waals surface area (Å²) in [5.41, 5.74) is 2.20. The minimum absolute atomic E-state index is 0. The minimum atomic E-state index is 0. The van der Waals surface area contributed by atoms with Crippen molar-refractivity contribution < 1.29 is 9.47 Å². The van der Waals surface area contributed by atoms with Crippen LogP contribution in [0.3, 0.4) is 0 Å². The predicted octanol–water partition coefficient (Wildman–Crippen LogP) is 4.13. The van der Waals surface area contributed by atoms with Gasteiger partial charge in [-0.25, -0.2) is 0 Å². The van der Waals surface area contributed by atoms with Crippen molar-refractivity contribution in [3.05, 3.63) is 72.3 Å². The molecule has 0 fully saturated rings. The first-order chi connectivity index (χ1) is 12.8. The molecule has 2 rings (SSSR count). The predicted molar refractivity (Wildman–Crippen MR) is 122 cm³/mol. The molecular formula is C21H28IN3O2. The van der Waals surface area contributed by atoms with Gasteiger partial charge in [-0.15, -0.1) is 24.0 Å². The molecule has 5 nitrogen and oxygen atoms in total. The molecule has 0 aliphatic heterocycles. The van der Waals surface area contributed by atoms with Gasteiger partial charge in [0.05, 0.1) is 6.61 Å². The largest absolute Gasteiger partial charge is 0.494 e. The third-order valence-corrected chi connectivity index (χ3v) is 3.67. The van der Waals surface area contributed by atoms with Crippen molar-refractivity contribution in [2.45, 2.75) is 20.0 Å². The Balaban J connectivity index is 0.00000364. The second-order valence-electron chi connectivity index (χ2n) is 5.57. The van der Waals surface area contributed by atoms with Crippen LogP contribution in [-0.4, -0.2) is 26.2 Å². The molecule has 0 spiro atoms. The number of rotatable bonds is 9. The number of hydrogen-bond acceptors (Lipinski definition) is 3. The van der Waals surface area contributed by atoms with Crippen LogP contribution in [-0.2, 0) is 13.1 Å². The molecule has 0 aromatic heterocycles. The quantitative estimate of drug-likeness (QED) is 0.245. The van der Waals surface area contributed by atoms with Crippen LogP contribution in [0.2, 0.25) is 0 Å². The van der Waals surface area contributed by atoms with Gasteiger partial charge in [0.15, 0.2) is 5.96 Å². The second-order valence-corrected chi connectivity index (χ2v) is 5.57. The zero-order valence-electron chi connectivity index (χ0n) is 15.9. The molecule has 0 saturated carbocycles. The molecule has 0 bridgehead atoms. The van der Waals surface area contributed by atoms with Crippen molar-refractivity contribution in [3.8, 4) is 11.5 Å². The lowest BCUT2D eigenvalue weighted by molar-refractivity contribution is 0.340. The molecule has 0 saturated heterocycles. The van der Waals surface area contributed by atoms with E-state index >= 15 is 0 Å². The molecule has 2 aromatic rings. The summed E-state index contributed by atoms with van der Waals surface area (Å²) >= 11 is 0. The fourth-order valence-corrected chi connectivity index (χ4v) is 2.44. The van der Waals surface area contributed by atoms with Crippen LogP contribution in [0, 0.1) is 0 Å². The Morgan fingerprint density at radius 3 is 2.59 bits per heavy atom. The average Bonchev–Trinajstić information content (AvgIpc) is 2.68. The number of nitrogens with one attached hydrogen (secondary N) is 2. The molecule has 0 radical (unpaired) electrons. The molecular weight excluding hydrogens is 453 g/mol. The summed E-state index contributed by atoms with van der Waals surface area (Å²) in [7, 11) is 1.76. The maximum absolute atomic E-state index is 5.69. The standard InChI is InChI=1S/C21H27N3O2.HI/c1-4-13-26-20-12-7-6-10-18(20)16-24-21(22-3)23-15-17-9-8-11-19(14-17)25-5-2;/h4,6-12,14H,1,5,13,15-16H2,2-3H3,(H2,22,23,24);1H. The Labute approximate surface area is 178 Å². The number of hydrogen-bond donors (Lipinski definition) is 2. The van der Waals surface area contributed by atoms with Crippen molar-refractivity contribution in [3.63, 3.8) is 0 Å². The monoisotopic (exact) mass is 481 g/mol. The molecule has 2 aromatic carbocycles. The fourth-order valence-electron chi connectivity index (χ4n) is 2.44. The zero-order chi connectivity index (χ0) is 18.6. The average molecular weight is 481 g/mol. The van der Waals surface area contributed by atoms with Gasteiger partial charge < -0.3 is 20.1 Å². The van der Waals surface area contributed by atoms with Crippen LogP contribution in [0.25, 0.3) is 0 Å². The van der Waals surface area contributed by atoms with E-state index in [2.05, 4.69) is 28.3 Å². The highest BCUT2D eigenvalue weighted by Crippen LogP contribution is 2.17. The molecule has 27 heavy (non-hydrogen) atoms. The minimum Gasteiger partial charge on any atom is -0.494 e. The van der Waals surface area contributed by atoms with Crippen molar-refractivity contribution in [2.24, 2.45) is 4.99 Å². The van der Waals surface area contributed by atoms with Gasteiger partial charge in [-0.1, -0.05) is 43.0 Å². The van der Waals surface area contributed by atoms with Crippen molar-refractivity contribution in [2.75, 3.05) is 20.3 Å². The molecule has 0 aliphatic rings. The Morgan fingerprint density at radius 2 is 1.85 bits per heavy atom. The maximum Gasteiger partial charge on any atom is 0.191 e. The second kappa shape index (κ2) is 13.0. The first-order valence-corrected chi connectivity index (χ1v) is 8.74. The van der Waals surface area contributed by atoms with Gasteiger partial charge in [0, 0.05) is 25.7 Å². The summed E-state index contributed by atoms with van der Waals surface area (Å²) in [6.07, 6.45) is 1.74. The molecule has 0 unspecified atom stereocenters. The van der Waals surface area contributed by atoms with E-state index in [1.54, 1.807) is 13.1 Å². The van der Waals surface area contributed by atoms with E-state index in [9.17, 15) is 0 Å². The highest BCUT2D eigenvalue weighted by molar-refractivity contribution is 14.0. The molecule has 2 N–H and O–H groups in total. The summed E-state index contributed by atoms with van der Waals surface area (Å²) in [5, 5.41) is 6.63. The van der Waals surface area contributed by atoms with Crippen molar-refractivity contribution in [1.82, 2.24) is 10.6 Å². The third kappa shape index (κ3) is 7.90. The summed E-state index contributed by atoms with van der Waals surface area (Å²) in [6.45, 7) is 8.09. The van der Waals surface area contributed by atoms with Gasteiger partial charge >= 0.3 is 0 Å². The van der Waals surface area contributed by atoms with E-state index in [1.807, 2.05) is 49.4 Å². The molecule has 6 heteroatoms. The number of ether oxygens (including phenoxy) is 2. The van der Waals surface area contributed by atoms with E-state index in [1.165, 1.54) is 0 Å². The maximum atomic E-state index is 5.69. The van der Waals surface area contributed by atoms with Crippen LogP contribution in [0.15, 0.2) is 66.2 Å². The Hall–Kier alpha value is -2.22. The topological polar surface area (TPSA) is 54.9 Å². The molecule has 0 amide bonds. The first kappa shape index (κ1) is 22.8. The number of para-hydroxylation sites is 1. The van der Waals surface area contributed by atoms with Gasteiger partial charge in [0.1, 0.15) is 18.1 Å². The lowest BCUT2D eigenvalue weighted by Crippen LogP contribution is -2.36. The normalized spacial score (nSPS) is 10.5. The highest BCUT2D eigenvalue weighted by atomic mass is 127. The summed E-state index contributed by atoms with van der Waals surface area (Å²) in [6, 6.07) is 16.0. The molecule has 0 aliphatic carbocycles. The summed E-state index contributed by atoms with van der Waals surface area (Å²) in [4.78, 5) is 4.27. The summed E-state index contributed by atoms with van der Waals surface area (Å²) < 4.78 is 11.2. The highest BCUT2D eigenvalue weighted by Gasteiger charge is 2.04. The molecule has 0 atom stereocenters. The van der Waals surface area contributed by atoms with Gasteiger partial charge in [0.25, 0.3) is 0 Å². The van der Waals surface area contributed by atoms with Gasteiger partial charge in [-0.2, -0.15) is 0 Å². The van der Waals surface area contributed by atoms with Gasteiger partial charge in [-0.3, -0.25) is 4.99 Å². The number of benzene rings is 2. The zero-order valence-corrected chi connectivity index (χ0v) is 18.2. The smallest absolute Gasteiger partial charge is 0.191 e. The van der Waals surface area contributed by atoms with Crippen LogP contribution in [0.4, 0.5) is 0 Å². The van der Waals surface area contributed by atoms with Crippen molar-refractivity contribution >= 4 is 29.9 Å². The Kier molecular flexibility index (Phi) is 11.0. The number of halogens is 1. The lowest BCUT2D eigenvalue weighted by atomic mass is 10.2. The van der Waals surface area contributed by atoms with E-state index in [-0.39, 0.29) is 24.0 Å². The first-order valence-electron chi connectivity index (χ1n) is 8.74. The molecule has 146 valence electrons. The van der Waals surface area contributed by atoms with E-state index < -0.39 is 0 Å². The van der Waals surface area contributed by atoms with E-state index in [0.29, 0.717) is 26.3 Å². The number of guanidine groups is 1. The number of aliphatic imine (C=N–C) groups is 1.